The Morgan fingerprint density at radius 1 is 1.27 bits per heavy atom. The standard InChI is InChI=1S/C13H26OSi/c1-7-8-9-10-11-12-14-15(5,6)13(2,3)4/h7-9H,1,10-12H2,2-6H3/b9-8-. The van der Waals surface area contributed by atoms with Crippen molar-refractivity contribution >= 4 is 8.32 Å². The molecule has 88 valence electrons. The first-order valence-electron chi connectivity index (χ1n) is 5.73. The summed E-state index contributed by atoms with van der Waals surface area (Å²) in [5, 5.41) is 0.323. The maximum atomic E-state index is 6.05. The lowest BCUT2D eigenvalue weighted by atomic mass is 10.2. The molecule has 0 aromatic carbocycles. The quantitative estimate of drug-likeness (QED) is 0.367. The topological polar surface area (TPSA) is 9.23 Å². The van der Waals surface area contributed by atoms with Crippen molar-refractivity contribution in [2.24, 2.45) is 0 Å². The molecular formula is C13H26OSi. The van der Waals surface area contributed by atoms with Gasteiger partial charge in [0, 0.05) is 6.61 Å². The van der Waals surface area contributed by atoms with Crippen molar-refractivity contribution in [3.63, 3.8) is 0 Å². The molecule has 0 aliphatic rings. The van der Waals surface area contributed by atoms with Crippen LogP contribution in [0.5, 0.6) is 0 Å². The molecule has 0 amide bonds. The van der Waals surface area contributed by atoms with Crippen LogP contribution in [0.2, 0.25) is 18.1 Å². The summed E-state index contributed by atoms with van der Waals surface area (Å²) in [4.78, 5) is 0. The fourth-order valence-electron chi connectivity index (χ4n) is 0.937. The maximum absolute atomic E-state index is 6.05. The Labute approximate surface area is 96.4 Å². The molecule has 0 bridgehead atoms. The van der Waals surface area contributed by atoms with Crippen molar-refractivity contribution in [3.8, 4) is 0 Å². The van der Waals surface area contributed by atoms with Crippen molar-refractivity contribution in [1.82, 2.24) is 0 Å². The van der Waals surface area contributed by atoms with E-state index in [1.807, 2.05) is 12.2 Å². The molecule has 0 radical (unpaired) electrons. The zero-order chi connectivity index (χ0) is 11.9. The first-order valence-corrected chi connectivity index (χ1v) is 8.63. The van der Waals surface area contributed by atoms with E-state index in [0.717, 1.165) is 19.4 Å². The molecule has 0 fully saturated rings. The van der Waals surface area contributed by atoms with E-state index in [4.69, 9.17) is 4.43 Å². The number of hydrogen-bond donors (Lipinski definition) is 0. The van der Waals surface area contributed by atoms with E-state index in [1.54, 1.807) is 0 Å². The molecule has 0 heterocycles. The van der Waals surface area contributed by atoms with Crippen molar-refractivity contribution in [1.29, 1.82) is 0 Å². The summed E-state index contributed by atoms with van der Waals surface area (Å²) >= 11 is 0. The second kappa shape index (κ2) is 6.29. The van der Waals surface area contributed by atoms with Gasteiger partial charge in [0.2, 0.25) is 0 Å². The van der Waals surface area contributed by atoms with Crippen LogP contribution in [0.1, 0.15) is 33.6 Å². The van der Waals surface area contributed by atoms with Crippen LogP contribution in [0, 0.1) is 0 Å². The predicted octanol–water partition coefficient (Wildman–Crippen LogP) is 4.53. The van der Waals surface area contributed by atoms with Crippen LogP contribution >= 0.6 is 0 Å². The highest BCUT2D eigenvalue weighted by molar-refractivity contribution is 6.74. The molecule has 0 unspecified atom stereocenters. The second-order valence-corrected chi connectivity index (χ2v) is 10.2. The average molecular weight is 226 g/mol. The lowest BCUT2D eigenvalue weighted by Gasteiger charge is -2.36. The summed E-state index contributed by atoms with van der Waals surface area (Å²) in [5.74, 6) is 0. The molecule has 0 aromatic rings. The smallest absolute Gasteiger partial charge is 0.191 e. The zero-order valence-corrected chi connectivity index (χ0v) is 12.0. The van der Waals surface area contributed by atoms with Gasteiger partial charge in [0.05, 0.1) is 0 Å². The minimum atomic E-state index is -1.52. The van der Waals surface area contributed by atoms with E-state index in [-0.39, 0.29) is 0 Å². The van der Waals surface area contributed by atoms with Crippen molar-refractivity contribution in [2.45, 2.75) is 51.7 Å². The molecule has 0 saturated heterocycles. The summed E-state index contributed by atoms with van der Waals surface area (Å²) in [7, 11) is -1.52. The Balaban J connectivity index is 3.76. The van der Waals surface area contributed by atoms with Crippen LogP contribution in [-0.4, -0.2) is 14.9 Å². The van der Waals surface area contributed by atoms with E-state index in [9.17, 15) is 0 Å². The number of rotatable bonds is 6. The van der Waals surface area contributed by atoms with E-state index in [2.05, 4.69) is 46.5 Å². The van der Waals surface area contributed by atoms with Crippen LogP contribution in [0.3, 0.4) is 0 Å². The fourth-order valence-corrected chi connectivity index (χ4v) is 2.03. The molecular weight excluding hydrogens is 200 g/mol. The molecule has 0 atom stereocenters. The fraction of sp³-hybridized carbons (Fsp3) is 0.692. The van der Waals surface area contributed by atoms with E-state index >= 15 is 0 Å². The van der Waals surface area contributed by atoms with Gasteiger partial charge >= 0.3 is 0 Å². The Kier molecular flexibility index (Phi) is 6.14. The van der Waals surface area contributed by atoms with Crippen molar-refractivity contribution in [2.75, 3.05) is 6.61 Å². The minimum Gasteiger partial charge on any atom is -0.417 e. The molecule has 0 aromatic heterocycles. The number of unbranched alkanes of at least 4 members (excludes halogenated alkanes) is 1. The maximum Gasteiger partial charge on any atom is 0.191 e. The van der Waals surface area contributed by atoms with Crippen LogP contribution in [0.15, 0.2) is 24.8 Å². The van der Waals surface area contributed by atoms with Crippen molar-refractivity contribution in [3.05, 3.63) is 24.8 Å². The SMILES string of the molecule is C=C/C=C\CCCO[Si](C)(C)C(C)(C)C. The summed E-state index contributed by atoms with van der Waals surface area (Å²) in [6.45, 7) is 15.9. The molecule has 0 spiro atoms. The van der Waals surface area contributed by atoms with Gasteiger partial charge in [-0.2, -0.15) is 0 Å². The van der Waals surface area contributed by atoms with E-state index < -0.39 is 8.32 Å². The molecule has 15 heavy (non-hydrogen) atoms. The highest BCUT2D eigenvalue weighted by Gasteiger charge is 2.36. The monoisotopic (exact) mass is 226 g/mol. The van der Waals surface area contributed by atoms with Gasteiger partial charge < -0.3 is 4.43 Å². The lowest BCUT2D eigenvalue weighted by Crippen LogP contribution is -2.40. The van der Waals surface area contributed by atoms with Crippen LogP contribution in [0.4, 0.5) is 0 Å². The first-order chi connectivity index (χ1) is 6.81. The number of allylic oxidation sites excluding steroid dienone is 3. The highest BCUT2D eigenvalue weighted by Crippen LogP contribution is 2.36. The minimum absolute atomic E-state index is 0.323. The van der Waals surface area contributed by atoms with E-state index in [0.29, 0.717) is 5.04 Å². The normalized spacial score (nSPS) is 13.4. The zero-order valence-electron chi connectivity index (χ0n) is 11.0. The Morgan fingerprint density at radius 3 is 2.33 bits per heavy atom. The van der Waals surface area contributed by atoms with E-state index in [1.165, 1.54) is 0 Å². The largest absolute Gasteiger partial charge is 0.417 e. The van der Waals surface area contributed by atoms with Crippen LogP contribution in [-0.2, 0) is 4.43 Å². The Hall–Kier alpha value is -0.343. The van der Waals surface area contributed by atoms with Gasteiger partial charge in [0.15, 0.2) is 8.32 Å². The molecule has 2 heteroatoms. The lowest BCUT2D eigenvalue weighted by molar-refractivity contribution is 0.283. The van der Waals surface area contributed by atoms with Crippen molar-refractivity contribution < 1.29 is 4.43 Å². The molecule has 0 rings (SSSR count). The third kappa shape index (κ3) is 5.95. The molecule has 0 saturated carbocycles. The second-order valence-electron chi connectivity index (χ2n) is 5.41. The van der Waals surface area contributed by atoms with Gasteiger partial charge in [-0.05, 0) is 31.0 Å². The van der Waals surface area contributed by atoms with Gasteiger partial charge in [-0.1, -0.05) is 45.6 Å². The van der Waals surface area contributed by atoms with Gasteiger partial charge in [-0.25, -0.2) is 0 Å². The summed E-state index contributed by atoms with van der Waals surface area (Å²) in [6.07, 6.45) is 8.14. The summed E-state index contributed by atoms with van der Waals surface area (Å²) < 4.78 is 6.05. The third-order valence-electron chi connectivity index (χ3n) is 3.06. The Bertz CT molecular complexity index is 211. The van der Waals surface area contributed by atoms with Gasteiger partial charge in [-0.3, -0.25) is 0 Å². The molecule has 0 aliphatic carbocycles. The van der Waals surface area contributed by atoms with Gasteiger partial charge in [0.25, 0.3) is 0 Å². The highest BCUT2D eigenvalue weighted by atomic mass is 28.4. The first kappa shape index (κ1) is 14.7. The van der Waals surface area contributed by atoms with Gasteiger partial charge in [-0.15, -0.1) is 0 Å². The summed E-state index contributed by atoms with van der Waals surface area (Å²) in [5.41, 5.74) is 0. The number of hydrogen-bond acceptors (Lipinski definition) is 1. The molecule has 0 N–H and O–H groups in total. The van der Waals surface area contributed by atoms with Gasteiger partial charge in [0.1, 0.15) is 0 Å². The third-order valence-corrected chi connectivity index (χ3v) is 7.59. The predicted molar refractivity (Wildman–Crippen MR) is 71.7 cm³/mol. The Morgan fingerprint density at radius 2 is 1.87 bits per heavy atom. The average Bonchev–Trinajstić information content (AvgIpc) is 2.09. The van der Waals surface area contributed by atoms with Crippen LogP contribution in [0.25, 0.3) is 0 Å². The molecule has 1 nitrogen and oxygen atoms in total. The summed E-state index contributed by atoms with van der Waals surface area (Å²) in [6, 6.07) is 0. The molecule has 0 aliphatic heterocycles. The van der Waals surface area contributed by atoms with Crippen LogP contribution < -0.4 is 0 Å².